The molecule has 0 saturated heterocycles. The van der Waals surface area contributed by atoms with Crippen molar-refractivity contribution < 1.29 is 14.3 Å². The Morgan fingerprint density at radius 3 is 2.77 bits per heavy atom. The van der Waals surface area contributed by atoms with E-state index >= 15 is 0 Å². The average molecular weight is 355 g/mol. The lowest BCUT2D eigenvalue weighted by atomic mass is 10.2. The maximum absolute atomic E-state index is 12.6. The summed E-state index contributed by atoms with van der Waals surface area (Å²) in [7, 11) is 1.70. The summed E-state index contributed by atoms with van der Waals surface area (Å²) in [5.74, 6) is 0.751. The van der Waals surface area contributed by atoms with Gasteiger partial charge in [0.05, 0.1) is 18.0 Å². The molecule has 3 rings (SSSR count). The maximum atomic E-state index is 12.6. The number of carbonyl (C=O) groups excluding carboxylic acids is 1. The van der Waals surface area contributed by atoms with Crippen molar-refractivity contribution in [3.63, 3.8) is 0 Å². The van der Waals surface area contributed by atoms with E-state index in [1.165, 1.54) is 0 Å². The molecule has 0 saturated carbocycles. The fourth-order valence-electron chi connectivity index (χ4n) is 3.04. The van der Waals surface area contributed by atoms with Crippen LogP contribution in [0.3, 0.4) is 0 Å². The molecule has 0 fully saturated rings. The van der Waals surface area contributed by atoms with Crippen LogP contribution in [0.1, 0.15) is 12.6 Å². The number of fused-ring (bicyclic) bond motifs is 1. The molecule has 0 bridgehead atoms. The Kier molecular flexibility index (Phi) is 6.20. The van der Waals surface area contributed by atoms with Crippen molar-refractivity contribution in [2.45, 2.75) is 19.6 Å². The number of para-hydroxylation sites is 2. The molecule has 2 aromatic rings. The molecule has 138 valence electrons. The van der Waals surface area contributed by atoms with Gasteiger partial charge in [-0.2, -0.15) is 0 Å². The molecule has 6 nitrogen and oxygen atoms in total. The lowest BCUT2D eigenvalue weighted by Crippen LogP contribution is -2.47. The molecule has 1 aliphatic heterocycles. The molecule has 0 aliphatic carbocycles. The van der Waals surface area contributed by atoms with Crippen molar-refractivity contribution in [1.29, 1.82) is 0 Å². The Morgan fingerprint density at radius 1 is 1.19 bits per heavy atom. The smallest absolute Gasteiger partial charge is 0.267 e. The Morgan fingerprint density at radius 2 is 2.00 bits per heavy atom. The molecule has 1 aromatic heterocycles. The predicted octanol–water partition coefficient (Wildman–Crippen LogP) is 2.34. The fourth-order valence-corrected chi connectivity index (χ4v) is 3.04. The standard InChI is InChI=1S/C20H25N3O3/c1-16-20(24)23(18-8-3-4-9-19(18)26-16)12-11-22(13-14-25-2)15-17-7-5-6-10-21-17/h3-10,16H,11-15H2,1-2H3. The van der Waals surface area contributed by atoms with Gasteiger partial charge in [-0.05, 0) is 31.2 Å². The van der Waals surface area contributed by atoms with Gasteiger partial charge in [-0.25, -0.2) is 0 Å². The zero-order chi connectivity index (χ0) is 18.4. The molecule has 6 heteroatoms. The van der Waals surface area contributed by atoms with E-state index < -0.39 is 6.10 Å². The largest absolute Gasteiger partial charge is 0.479 e. The van der Waals surface area contributed by atoms with Crippen molar-refractivity contribution in [1.82, 2.24) is 9.88 Å². The molecule has 1 amide bonds. The van der Waals surface area contributed by atoms with Crippen LogP contribution in [0, 0.1) is 0 Å². The minimum absolute atomic E-state index is 0.00627. The normalized spacial score (nSPS) is 16.5. The summed E-state index contributed by atoms with van der Waals surface area (Å²) in [5, 5.41) is 0. The van der Waals surface area contributed by atoms with Crippen LogP contribution in [0.15, 0.2) is 48.7 Å². The molecule has 0 spiro atoms. The van der Waals surface area contributed by atoms with E-state index in [2.05, 4.69) is 9.88 Å². The van der Waals surface area contributed by atoms with Crippen molar-refractivity contribution >= 4 is 11.6 Å². The number of ether oxygens (including phenoxy) is 2. The Bertz CT molecular complexity index is 723. The van der Waals surface area contributed by atoms with Crippen LogP contribution in [0.2, 0.25) is 0 Å². The molecule has 1 aliphatic rings. The van der Waals surface area contributed by atoms with Crippen LogP contribution in [0.25, 0.3) is 0 Å². The lowest BCUT2D eigenvalue weighted by molar-refractivity contribution is -0.125. The summed E-state index contributed by atoms with van der Waals surface area (Å²) in [6.07, 6.45) is 1.33. The van der Waals surface area contributed by atoms with E-state index in [0.717, 1.165) is 36.8 Å². The van der Waals surface area contributed by atoms with Crippen molar-refractivity contribution in [2.75, 3.05) is 38.3 Å². The third-order valence-electron chi connectivity index (χ3n) is 4.44. The van der Waals surface area contributed by atoms with Gasteiger partial charge in [0.25, 0.3) is 5.91 Å². The molecule has 0 N–H and O–H groups in total. The highest BCUT2D eigenvalue weighted by Gasteiger charge is 2.31. The van der Waals surface area contributed by atoms with Crippen molar-refractivity contribution in [3.05, 3.63) is 54.4 Å². The topological polar surface area (TPSA) is 54.9 Å². The quantitative estimate of drug-likeness (QED) is 0.728. The molecule has 1 aromatic carbocycles. The van der Waals surface area contributed by atoms with Gasteiger partial charge in [0, 0.05) is 39.5 Å². The van der Waals surface area contributed by atoms with Gasteiger partial charge in [-0.3, -0.25) is 14.7 Å². The molecule has 26 heavy (non-hydrogen) atoms. The van der Waals surface area contributed by atoms with Crippen LogP contribution in [0.4, 0.5) is 5.69 Å². The van der Waals surface area contributed by atoms with Crippen LogP contribution >= 0.6 is 0 Å². The van der Waals surface area contributed by atoms with E-state index in [1.807, 2.05) is 47.4 Å². The zero-order valence-electron chi connectivity index (χ0n) is 15.3. The predicted molar refractivity (Wildman–Crippen MR) is 100 cm³/mol. The van der Waals surface area contributed by atoms with E-state index in [0.29, 0.717) is 13.2 Å². The van der Waals surface area contributed by atoms with Gasteiger partial charge in [0.1, 0.15) is 5.75 Å². The zero-order valence-corrected chi connectivity index (χ0v) is 15.3. The lowest BCUT2D eigenvalue weighted by Gasteiger charge is -2.34. The highest BCUT2D eigenvalue weighted by Crippen LogP contribution is 2.33. The van der Waals surface area contributed by atoms with Gasteiger partial charge >= 0.3 is 0 Å². The first kappa shape index (κ1) is 18.4. The van der Waals surface area contributed by atoms with E-state index in [9.17, 15) is 4.79 Å². The first-order valence-corrected chi connectivity index (χ1v) is 8.87. The minimum atomic E-state index is -0.465. The molecule has 2 heterocycles. The summed E-state index contributed by atoms with van der Waals surface area (Å²) < 4.78 is 10.9. The minimum Gasteiger partial charge on any atom is -0.479 e. The first-order chi connectivity index (χ1) is 12.7. The highest BCUT2D eigenvalue weighted by atomic mass is 16.5. The van der Waals surface area contributed by atoms with Crippen LogP contribution in [-0.2, 0) is 16.1 Å². The summed E-state index contributed by atoms with van der Waals surface area (Å²) in [4.78, 5) is 21.1. The van der Waals surface area contributed by atoms with E-state index in [1.54, 1.807) is 20.2 Å². The summed E-state index contributed by atoms with van der Waals surface area (Å²) in [6, 6.07) is 13.6. The number of pyridine rings is 1. The van der Waals surface area contributed by atoms with Crippen molar-refractivity contribution in [2.24, 2.45) is 0 Å². The van der Waals surface area contributed by atoms with Crippen LogP contribution in [-0.4, -0.2) is 55.2 Å². The molecule has 0 radical (unpaired) electrons. The van der Waals surface area contributed by atoms with Crippen molar-refractivity contribution in [3.8, 4) is 5.75 Å². The van der Waals surface area contributed by atoms with Gasteiger partial charge in [-0.15, -0.1) is 0 Å². The number of hydrogen-bond donors (Lipinski definition) is 0. The molecular weight excluding hydrogens is 330 g/mol. The fraction of sp³-hybridized carbons (Fsp3) is 0.400. The Balaban J connectivity index is 1.70. The SMILES string of the molecule is COCCN(CCN1C(=O)C(C)Oc2ccccc21)Cc1ccccn1. The molecule has 1 atom stereocenters. The monoisotopic (exact) mass is 355 g/mol. The number of amides is 1. The van der Waals surface area contributed by atoms with Gasteiger partial charge in [0.15, 0.2) is 6.10 Å². The number of benzene rings is 1. The summed E-state index contributed by atoms with van der Waals surface area (Å²) in [5.41, 5.74) is 1.84. The summed E-state index contributed by atoms with van der Waals surface area (Å²) >= 11 is 0. The second-order valence-corrected chi connectivity index (χ2v) is 6.31. The molecular formula is C20H25N3O3. The van der Waals surface area contributed by atoms with Crippen LogP contribution < -0.4 is 9.64 Å². The molecule has 1 unspecified atom stereocenters. The van der Waals surface area contributed by atoms with Gasteiger partial charge in [0.2, 0.25) is 0 Å². The van der Waals surface area contributed by atoms with Gasteiger partial charge < -0.3 is 14.4 Å². The number of anilines is 1. The number of nitrogens with zero attached hydrogens (tertiary/aromatic N) is 3. The number of carbonyl (C=O) groups is 1. The Labute approximate surface area is 154 Å². The average Bonchev–Trinajstić information content (AvgIpc) is 2.67. The third-order valence-corrected chi connectivity index (χ3v) is 4.44. The number of methoxy groups -OCH3 is 1. The van der Waals surface area contributed by atoms with Crippen LogP contribution in [0.5, 0.6) is 5.75 Å². The number of rotatable bonds is 8. The van der Waals surface area contributed by atoms with E-state index in [4.69, 9.17) is 9.47 Å². The second kappa shape index (κ2) is 8.78. The Hall–Kier alpha value is -2.44. The van der Waals surface area contributed by atoms with Gasteiger partial charge in [-0.1, -0.05) is 18.2 Å². The second-order valence-electron chi connectivity index (χ2n) is 6.31. The highest BCUT2D eigenvalue weighted by molar-refractivity contribution is 5.99. The third kappa shape index (κ3) is 4.39. The summed E-state index contributed by atoms with van der Waals surface area (Å²) in [6.45, 7) is 5.26. The number of aromatic nitrogens is 1. The first-order valence-electron chi connectivity index (χ1n) is 8.87. The maximum Gasteiger partial charge on any atom is 0.267 e. The van der Waals surface area contributed by atoms with E-state index in [-0.39, 0.29) is 5.91 Å². The number of hydrogen-bond acceptors (Lipinski definition) is 5.